The molecule has 1 aliphatic rings. The fourth-order valence-corrected chi connectivity index (χ4v) is 2.27. The molecule has 0 bridgehead atoms. The van der Waals surface area contributed by atoms with Crippen LogP contribution < -0.4 is 25.7 Å². The van der Waals surface area contributed by atoms with Crippen LogP contribution in [-0.4, -0.2) is 24.2 Å². The quantitative estimate of drug-likeness (QED) is 0.813. The fraction of sp³-hybridized carbons (Fsp3) is 0.474. The lowest BCUT2D eigenvalue weighted by molar-refractivity contribution is 0.351. The Kier molecular flexibility index (Phi) is 8.48. The Balaban J connectivity index is 0.000000791. The number of hydrogen-bond acceptors (Lipinski definition) is 7. The van der Waals surface area contributed by atoms with Gasteiger partial charge in [-0.15, -0.1) is 0 Å². The third kappa shape index (κ3) is 5.15. The summed E-state index contributed by atoms with van der Waals surface area (Å²) in [5.41, 5.74) is 12.4. The molecule has 4 N–H and O–H groups in total. The number of nitrogens with zero attached hydrogens (tertiary/aromatic N) is 2. The number of ether oxygens (including phenoxy) is 3. The summed E-state index contributed by atoms with van der Waals surface area (Å²) in [4.78, 5) is 7.81. The molecule has 144 valence electrons. The van der Waals surface area contributed by atoms with Gasteiger partial charge in [0.25, 0.3) is 0 Å². The second-order valence-corrected chi connectivity index (χ2v) is 5.10. The molecule has 1 heterocycles. The molecule has 7 heteroatoms. The minimum atomic E-state index is 0.111. The van der Waals surface area contributed by atoms with E-state index < -0.39 is 0 Å². The van der Waals surface area contributed by atoms with Gasteiger partial charge in [-0.05, 0) is 24.8 Å². The molecule has 1 aromatic heterocycles. The van der Waals surface area contributed by atoms with E-state index in [4.69, 9.17) is 25.7 Å². The van der Waals surface area contributed by atoms with Crippen molar-refractivity contribution in [3.05, 3.63) is 23.9 Å². The van der Waals surface area contributed by atoms with Gasteiger partial charge in [-0.25, -0.2) is 4.98 Å². The van der Waals surface area contributed by atoms with E-state index in [1.54, 1.807) is 20.3 Å². The number of nitrogen functional groups attached to an aromatic ring is 2. The van der Waals surface area contributed by atoms with E-state index in [-0.39, 0.29) is 11.8 Å². The fourth-order valence-electron chi connectivity index (χ4n) is 2.27. The van der Waals surface area contributed by atoms with Crippen LogP contribution in [0.4, 0.5) is 11.8 Å². The van der Waals surface area contributed by atoms with Crippen LogP contribution in [0.1, 0.15) is 52.0 Å². The highest BCUT2D eigenvalue weighted by atomic mass is 16.5. The Hall–Kier alpha value is -2.70. The number of anilines is 2. The molecule has 1 fully saturated rings. The zero-order chi connectivity index (χ0) is 19.7. The van der Waals surface area contributed by atoms with Crippen LogP contribution in [0.15, 0.2) is 18.3 Å². The van der Waals surface area contributed by atoms with Gasteiger partial charge in [0.15, 0.2) is 23.1 Å². The van der Waals surface area contributed by atoms with Gasteiger partial charge in [0, 0.05) is 11.6 Å². The molecule has 1 aliphatic carbocycles. The Morgan fingerprint density at radius 2 is 1.46 bits per heavy atom. The van der Waals surface area contributed by atoms with E-state index in [1.165, 1.54) is 6.20 Å². The van der Waals surface area contributed by atoms with Gasteiger partial charge in [-0.2, -0.15) is 4.98 Å². The summed E-state index contributed by atoms with van der Waals surface area (Å²) < 4.78 is 16.6. The molecule has 0 amide bonds. The number of nitrogens with two attached hydrogens (primary N) is 2. The standard InChI is InChI=1S/C15H18N4O3.2C2H6/c1-20-11-5-9(8-3-4-8)10(6-12(11)21-2)22-13-7-18-15(17)19-14(13)16;2*1-2/h5-8H,3-4H2,1-2H3,(H4,16,17,18,19);2*1-2H3. The Labute approximate surface area is 155 Å². The maximum atomic E-state index is 5.90. The third-order valence-electron chi connectivity index (χ3n) is 3.55. The van der Waals surface area contributed by atoms with Gasteiger partial charge in [-0.3, -0.25) is 0 Å². The molecular formula is C19H30N4O3. The molecule has 0 aliphatic heterocycles. The Morgan fingerprint density at radius 1 is 0.885 bits per heavy atom. The van der Waals surface area contributed by atoms with E-state index in [1.807, 2.05) is 33.8 Å². The van der Waals surface area contributed by atoms with Crippen molar-refractivity contribution in [3.8, 4) is 23.0 Å². The van der Waals surface area contributed by atoms with Crippen LogP contribution in [0.25, 0.3) is 0 Å². The van der Waals surface area contributed by atoms with Gasteiger partial charge in [0.05, 0.1) is 20.4 Å². The summed E-state index contributed by atoms with van der Waals surface area (Å²) in [6.45, 7) is 8.00. The highest BCUT2D eigenvalue weighted by molar-refractivity contribution is 5.56. The topological polar surface area (TPSA) is 106 Å². The van der Waals surface area contributed by atoms with Gasteiger partial charge in [-0.1, -0.05) is 27.7 Å². The SMILES string of the molecule is CC.CC.COc1cc(Oc2cnc(N)nc2N)c(C2CC2)cc1OC. The molecule has 0 saturated heterocycles. The summed E-state index contributed by atoms with van der Waals surface area (Å²) in [5.74, 6) is 3.08. The summed E-state index contributed by atoms with van der Waals surface area (Å²) in [5, 5.41) is 0. The average molecular weight is 362 g/mol. The maximum absolute atomic E-state index is 5.90. The van der Waals surface area contributed by atoms with E-state index in [9.17, 15) is 0 Å². The summed E-state index contributed by atoms with van der Waals surface area (Å²) in [6, 6.07) is 3.74. The molecule has 0 atom stereocenters. The molecule has 1 aromatic carbocycles. The summed E-state index contributed by atoms with van der Waals surface area (Å²) >= 11 is 0. The van der Waals surface area contributed by atoms with Gasteiger partial charge >= 0.3 is 0 Å². The minimum Gasteiger partial charge on any atom is -0.493 e. The van der Waals surface area contributed by atoms with Gasteiger partial charge in [0.1, 0.15) is 5.75 Å². The lowest BCUT2D eigenvalue weighted by Gasteiger charge is -2.15. The maximum Gasteiger partial charge on any atom is 0.222 e. The van der Waals surface area contributed by atoms with Gasteiger partial charge < -0.3 is 25.7 Å². The third-order valence-corrected chi connectivity index (χ3v) is 3.55. The number of aromatic nitrogens is 2. The number of methoxy groups -OCH3 is 2. The predicted octanol–water partition coefficient (Wildman–Crippen LogP) is 4.38. The lowest BCUT2D eigenvalue weighted by atomic mass is 10.1. The second kappa shape index (κ2) is 10.3. The molecule has 0 radical (unpaired) electrons. The molecule has 7 nitrogen and oxygen atoms in total. The van der Waals surface area contributed by atoms with Crippen LogP contribution in [0.5, 0.6) is 23.0 Å². The number of rotatable bonds is 5. The molecule has 0 unspecified atom stereocenters. The van der Waals surface area contributed by atoms with Crippen molar-refractivity contribution in [2.45, 2.75) is 46.5 Å². The van der Waals surface area contributed by atoms with E-state index in [2.05, 4.69) is 9.97 Å². The average Bonchev–Trinajstić information content (AvgIpc) is 3.52. The zero-order valence-corrected chi connectivity index (χ0v) is 16.5. The summed E-state index contributed by atoms with van der Waals surface area (Å²) in [6.07, 6.45) is 3.71. The summed E-state index contributed by atoms with van der Waals surface area (Å²) in [7, 11) is 3.19. The van der Waals surface area contributed by atoms with Crippen LogP contribution >= 0.6 is 0 Å². The van der Waals surface area contributed by atoms with Crippen molar-refractivity contribution in [1.82, 2.24) is 9.97 Å². The van der Waals surface area contributed by atoms with Crippen molar-refractivity contribution in [2.24, 2.45) is 0 Å². The molecule has 1 saturated carbocycles. The van der Waals surface area contributed by atoms with Crippen LogP contribution in [0.3, 0.4) is 0 Å². The normalized spacial score (nSPS) is 12.1. The monoisotopic (exact) mass is 362 g/mol. The first-order chi connectivity index (χ1) is 12.6. The Bertz CT molecular complexity index is 703. The predicted molar refractivity (Wildman–Crippen MR) is 105 cm³/mol. The van der Waals surface area contributed by atoms with Crippen molar-refractivity contribution < 1.29 is 14.2 Å². The van der Waals surface area contributed by atoms with Crippen molar-refractivity contribution >= 4 is 11.8 Å². The highest BCUT2D eigenvalue weighted by Gasteiger charge is 2.29. The van der Waals surface area contributed by atoms with Crippen LogP contribution in [0, 0.1) is 0 Å². The molecule has 2 aromatic rings. The first-order valence-corrected chi connectivity index (χ1v) is 8.94. The van der Waals surface area contributed by atoms with Crippen molar-refractivity contribution in [1.29, 1.82) is 0 Å². The second-order valence-electron chi connectivity index (χ2n) is 5.10. The molecule has 26 heavy (non-hydrogen) atoms. The Morgan fingerprint density at radius 3 is 1.96 bits per heavy atom. The number of benzene rings is 1. The minimum absolute atomic E-state index is 0.111. The largest absolute Gasteiger partial charge is 0.493 e. The first kappa shape index (κ1) is 21.3. The molecular weight excluding hydrogens is 332 g/mol. The zero-order valence-electron chi connectivity index (χ0n) is 16.5. The smallest absolute Gasteiger partial charge is 0.222 e. The lowest BCUT2D eigenvalue weighted by Crippen LogP contribution is -2.02. The highest BCUT2D eigenvalue weighted by Crippen LogP contribution is 2.49. The van der Waals surface area contributed by atoms with Crippen LogP contribution in [0.2, 0.25) is 0 Å². The number of hydrogen-bond donors (Lipinski definition) is 2. The van der Waals surface area contributed by atoms with Crippen molar-refractivity contribution in [2.75, 3.05) is 25.7 Å². The van der Waals surface area contributed by atoms with E-state index in [0.717, 1.165) is 18.4 Å². The van der Waals surface area contributed by atoms with Crippen molar-refractivity contribution in [3.63, 3.8) is 0 Å². The van der Waals surface area contributed by atoms with Gasteiger partial charge in [0.2, 0.25) is 5.95 Å². The first-order valence-electron chi connectivity index (χ1n) is 8.94. The van der Waals surface area contributed by atoms with E-state index in [0.29, 0.717) is 28.9 Å². The van der Waals surface area contributed by atoms with Crippen LogP contribution in [-0.2, 0) is 0 Å². The molecule has 0 spiro atoms. The van der Waals surface area contributed by atoms with E-state index >= 15 is 0 Å². The molecule has 3 rings (SSSR count).